The summed E-state index contributed by atoms with van der Waals surface area (Å²) in [7, 11) is 0. The summed E-state index contributed by atoms with van der Waals surface area (Å²) in [5.74, 6) is 0.295. The normalized spacial score (nSPS) is 16.0. The standard InChI is InChI=1S/C13H15FN2O3.C9H10/c14-11-3-1-2-4-12(11)19-9-13(18)16-7-5-15(10-17)6-8-16;1-2-4-8(5-3-1)9-6-7-9/h1-4,10H,5-9H2;1-5,9H,6-7H2. The van der Waals surface area contributed by atoms with Crippen molar-refractivity contribution < 1.29 is 18.7 Å². The maximum atomic E-state index is 13.3. The Bertz CT molecular complexity index is 772. The molecule has 0 unspecified atom stereocenters. The number of rotatable bonds is 5. The number of piperazine rings is 1. The fraction of sp³-hybridized carbons (Fsp3) is 0.364. The Labute approximate surface area is 164 Å². The number of benzene rings is 2. The van der Waals surface area contributed by atoms with Crippen LogP contribution in [-0.4, -0.2) is 54.9 Å². The molecule has 0 spiro atoms. The second-order valence-electron chi connectivity index (χ2n) is 6.93. The van der Waals surface area contributed by atoms with Gasteiger partial charge in [0, 0.05) is 26.2 Å². The van der Waals surface area contributed by atoms with Crippen LogP contribution in [0.15, 0.2) is 54.6 Å². The van der Waals surface area contributed by atoms with Gasteiger partial charge in [-0.1, -0.05) is 42.5 Å². The van der Waals surface area contributed by atoms with Gasteiger partial charge in [-0.3, -0.25) is 9.59 Å². The molecule has 148 valence electrons. The number of amides is 2. The van der Waals surface area contributed by atoms with Crippen LogP contribution in [0.1, 0.15) is 24.3 Å². The van der Waals surface area contributed by atoms with Gasteiger partial charge in [0.15, 0.2) is 18.2 Å². The zero-order valence-corrected chi connectivity index (χ0v) is 15.8. The Hall–Kier alpha value is -2.89. The van der Waals surface area contributed by atoms with E-state index in [0.29, 0.717) is 26.2 Å². The number of nitrogens with zero attached hydrogens (tertiary/aromatic N) is 2. The molecule has 2 aromatic carbocycles. The molecule has 6 heteroatoms. The molecule has 1 aliphatic carbocycles. The zero-order valence-electron chi connectivity index (χ0n) is 15.8. The molecule has 2 aromatic rings. The van der Waals surface area contributed by atoms with Gasteiger partial charge in [-0.25, -0.2) is 4.39 Å². The van der Waals surface area contributed by atoms with Crippen molar-refractivity contribution in [2.75, 3.05) is 32.8 Å². The third-order valence-electron chi connectivity index (χ3n) is 4.85. The molecule has 2 aliphatic rings. The van der Waals surface area contributed by atoms with E-state index in [2.05, 4.69) is 30.3 Å². The van der Waals surface area contributed by atoms with Gasteiger partial charge in [0.25, 0.3) is 5.91 Å². The Kier molecular flexibility index (Phi) is 7.00. The lowest BCUT2D eigenvalue weighted by Crippen LogP contribution is -2.49. The van der Waals surface area contributed by atoms with Crippen molar-refractivity contribution in [3.05, 3.63) is 66.0 Å². The SMILES string of the molecule is O=CN1CCN(C(=O)COc2ccccc2F)CC1.c1ccc(C2CC2)cc1. The smallest absolute Gasteiger partial charge is 0.260 e. The molecular weight excluding hydrogens is 359 g/mol. The molecule has 1 saturated carbocycles. The summed E-state index contributed by atoms with van der Waals surface area (Å²) in [6, 6.07) is 16.7. The van der Waals surface area contributed by atoms with Gasteiger partial charge in [-0.2, -0.15) is 0 Å². The van der Waals surface area contributed by atoms with Gasteiger partial charge in [-0.15, -0.1) is 0 Å². The van der Waals surface area contributed by atoms with Crippen LogP contribution >= 0.6 is 0 Å². The second-order valence-corrected chi connectivity index (χ2v) is 6.93. The Morgan fingerprint density at radius 3 is 2.25 bits per heavy atom. The summed E-state index contributed by atoms with van der Waals surface area (Å²) < 4.78 is 18.4. The molecule has 2 fully saturated rings. The Balaban J connectivity index is 0.000000206. The van der Waals surface area contributed by atoms with Crippen molar-refractivity contribution >= 4 is 12.3 Å². The molecule has 5 nitrogen and oxygen atoms in total. The molecule has 4 rings (SSSR count). The van der Waals surface area contributed by atoms with Gasteiger partial charge < -0.3 is 14.5 Å². The number of carbonyl (C=O) groups excluding carboxylic acids is 2. The van der Waals surface area contributed by atoms with Gasteiger partial charge in [0.05, 0.1) is 0 Å². The largest absolute Gasteiger partial charge is 0.481 e. The summed E-state index contributed by atoms with van der Waals surface area (Å²) in [6.45, 7) is 1.82. The summed E-state index contributed by atoms with van der Waals surface area (Å²) >= 11 is 0. The zero-order chi connectivity index (χ0) is 19.8. The lowest BCUT2D eigenvalue weighted by Gasteiger charge is -2.32. The van der Waals surface area contributed by atoms with Gasteiger partial charge in [0.1, 0.15) is 0 Å². The average molecular weight is 384 g/mol. The molecule has 2 amide bonds. The molecule has 1 heterocycles. The molecule has 1 aliphatic heterocycles. The maximum absolute atomic E-state index is 13.3. The van der Waals surface area contributed by atoms with Crippen molar-refractivity contribution in [2.45, 2.75) is 18.8 Å². The van der Waals surface area contributed by atoms with E-state index in [1.165, 1.54) is 30.5 Å². The highest BCUT2D eigenvalue weighted by Gasteiger charge is 2.22. The molecule has 0 bridgehead atoms. The second kappa shape index (κ2) is 9.88. The molecule has 0 aromatic heterocycles. The minimum Gasteiger partial charge on any atom is -0.481 e. The number of hydrogen-bond donors (Lipinski definition) is 0. The fourth-order valence-electron chi connectivity index (χ4n) is 3.01. The minimum atomic E-state index is -0.485. The van der Waals surface area contributed by atoms with E-state index in [1.807, 2.05) is 0 Å². The Morgan fingerprint density at radius 2 is 1.64 bits per heavy atom. The van der Waals surface area contributed by atoms with E-state index in [4.69, 9.17) is 4.74 Å². The number of hydrogen-bond acceptors (Lipinski definition) is 3. The summed E-state index contributed by atoms with van der Waals surface area (Å²) in [4.78, 5) is 25.6. The predicted octanol–water partition coefficient (Wildman–Crippen LogP) is 3.07. The number of carbonyl (C=O) groups is 2. The summed E-state index contributed by atoms with van der Waals surface area (Å²) in [6.07, 6.45) is 3.59. The van der Waals surface area contributed by atoms with Crippen molar-refractivity contribution in [1.29, 1.82) is 0 Å². The molecular formula is C22H25FN2O3. The summed E-state index contributed by atoms with van der Waals surface area (Å²) in [5.41, 5.74) is 1.53. The van der Waals surface area contributed by atoms with Gasteiger partial charge in [-0.05, 0) is 36.5 Å². The van der Waals surface area contributed by atoms with E-state index in [0.717, 1.165) is 12.3 Å². The van der Waals surface area contributed by atoms with Crippen LogP contribution < -0.4 is 4.74 Å². The van der Waals surface area contributed by atoms with E-state index >= 15 is 0 Å². The van der Waals surface area contributed by atoms with Crippen LogP contribution in [0, 0.1) is 5.82 Å². The average Bonchev–Trinajstić information content (AvgIpc) is 3.60. The monoisotopic (exact) mass is 384 g/mol. The third-order valence-corrected chi connectivity index (χ3v) is 4.85. The van der Waals surface area contributed by atoms with Crippen LogP contribution in [0.2, 0.25) is 0 Å². The molecule has 0 atom stereocenters. The third kappa shape index (κ3) is 5.81. The summed E-state index contributed by atoms with van der Waals surface area (Å²) in [5, 5.41) is 0. The lowest BCUT2D eigenvalue weighted by molar-refractivity contribution is -0.137. The van der Waals surface area contributed by atoms with Crippen LogP contribution in [0.5, 0.6) is 5.75 Å². The topological polar surface area (TPSA) is 49.9 Å². The first kappa shape index (κ1) is 19.9. The number of halogens is 1. The van der Waals surface area contributed by atoms with Crippen molar-refractivity contribution in [3.8, 4) is 5.75 Å². The van der Waals surface area contributed by atoms with Crippen molar-refractivity contribution in [1.82, 2.24) is 9.80 Å². The Morgan fingerprint density at radius 1 is 1.00 bits per heavy atom. The first-order valence-corrected chi connectivity index (χ1v) is 9.57. The van der Waals surface area contributed by atoms with Gasteiger partial charge >= 0.3 is 0 Å². The first-order valence-electron chi connectivity index (χ1n) is 9.57. The van der Waals surface area contributed by atoms with Crippen molar-refractivity contribution in [2.24, 2.45) is 0 Å². The molecule has 1 saturated heterocycles. The van der Waals surface area contributed by atoms with Gasteiger partial charge in [0.2, 0.25) is 6.41 Å². The quantitative estimate of drug-likeness (QED) is 0.745. The highest BCUT2D eigenvalue weighted by atomic mass is 19.1. The van der Waals surface area contributed by atoms with Crippen molar-refractivity contribution in [3.63, 3.8) is 0 Å². The fourth-order valence-corrected chi connectivity index (χ4v) is 3.01. The predicted molar refractivity (Wildman–Crippen MR) is 105 cm³/mol. The van der Waals surface area contributed by atoms with E-state index in [9.17, 15) is 14.0 Å². The first-order chi connectivity index (χ1) is 13.7. The number of para-hydroxylation sites is 1. The molecule has 0 N–H and O–H groups in total. The highest BCUT2D eigenvalue weighted by Crippen LogP contribution is 2.39. The van der Waals surface area contributed by atoms with E-state index < -0.39 is 5.82 Å². The van der Waals surface area contributed by atoms with Crippen LogP contribution in [-0.2, 0) is 9.59 Å². The van der Waals surface area contributed by atoms with Crippen LogP contribution in [0.4, 0.5) is 4.39 Å². The molecule has 0 radical (unpaired) electrons. The van der Waals surface area contributed by atoms with Crippen LogP contribution in [0.25, 0.3) is 0 Å². The van der Waals surface area contributed by atoms with E-state index in [-0.39, 0.29) is 18.3 Å². The highest BCUT2D eigenvalue weighted by molar-refractivity contribution is 5.78. The lowest BCUT2D eigenvalue weighted by atomic mass is 10.1. The molecule has 28 heavy (non-hydrogen) atoms. The van der Waals surface area contributed by atoms with Crippen LogP contribution in [0.3, 0.4) is 0 Å². The maximum Gasteiger partial charge on any atom is 0.260 e. The number of ether oxygens (including phenoxy) is 1. The minimum absolute atomic E-state index is 0.0716. The van der Waals surface area contributed by atoms with E-state index in [1.54, 1.807) is 21.9 Å².